The predicted molar refractivity (Wildman–Crippen MR) is 67.6 cm³/mol. The molecule has 0 aromatic heterocycles. The van der Waals surface area contributed by atoms with E-state index in [-0.39, 0.29) is 11.5 Å². The van der Waals surface area contributed by atoms with E-state index < -0.39 is 0 Å². The van der Waals surface area contributed by atoms with Gasteiger partial charge < -0.3 is 9.64 Å². The van der Waals surface area contributed by atoms with Crippen molar-refractivity contribution in [3.8, 4) is 0 Å². The zero-order valence-electron chi connectivity index (χ0n) is 11.5. The molecule has 0 unspecified atom stereocenters. The first kappa shape index (κ1) is 15.3. The van der Waals surface area contributed by atoms with Gasteiger partial charge in [0.15, 0.2) is 0 Å². The van der Waals surface area contributed by atoms with Crippen molar-refractivity contribution in [2.75, 3.05) is 19.7 Å². The Hall–Kier alpha value is -0.730. The van der Waals surface area contributed by atoms with E-state index in [4.69, 9.17) is 4.74 Å². The van der Waals surface area contributed by atoms with Gasteiger partial charge in [-0.25, -0.2) is 4.79 Å². The third kappa shape index (κ3) is 7.55. The van der Waals surface area contributed by atoms with Crippen LogP contribution >= 0.6 is 0 Å². The third-order valence-electron chi connectivity index (χ3n) is 2.44. The number of carbonyl (C=O) groups excluding carboxylic acids is 1. The summed E-state index contributed by atoms with van der Waals surface area (Å²) in [5.41, 5.74) is 0.261. The summed E-state index contributed by atoms with van der Waals surface area (Å²) in [6, 6.07) is 0. The first-order chi connectivity index (χ1) is 7.40. The fraction of sp³-hybridized carbons (Fsp3) is 0.923. The van der Waals surface area contributed by atoms with Crippen molar-refractivity contribution in [1.82, 2.24) is 4.90 Å². The molecule has 0 spiro atoms. The molecule has 96 valence electrons. The number of hydrogen-bond donors (Lipinski definition) is 0. The van der Waals surface area contributed by atoms with E-state index in [1.165, 1.54) is 0 Å². The van der Waals surface area contributed by atoms with Gasteiger partial charge in [-0.2, -0.15) is 0 Å². The average molecular weight is 229 g/mol. The second-order valence-electron chi connectivity index (χ2n) is 5.35. The van der Waals surface area contributed by atoms with Crippen LogP contribution in [-0.4, -0.2) is 30.7 Å². The lowest BCUT2D eigenvalue weighted by molar-refractivity contribution is 0.102. The minimum absolute atomic E-state index is 0.166. The van der Waals surface area contributed by atoms with Crippen LogP contribution < -0.4 is 0 Å². The Morgan fingerprint density at radius 2 is 1.81 bits per heavy atom. The van der Waals surface area contributed by atoms with E-state index in [0.29, 0.717) is 6.61 Å². The summed E-state index contributed by atoms with van der Waals surface area (Å²) in [5.74, 6) is 0. The van der Waals surface area contributed by atoms with Crippen LogP contribution in [0.1, 0.15) is 53.9 Å². The van der Waals surface area contributed by atoms with E-state index in [1.54, 1.807) is 0 Å². The van der Waals surface area contributed by atoms with Gasteiger partial charge in [-0.3, -0.25) is 0 Å². The number of carbonyl (C=O) groups is 1. The summed E-state index contributed by atoms with van der Waals surface area (Å²) >= 11 is 0. The van der Waals surface area contributed by atoms with E-state index in [0.717, 1.165) is 32.4 Å². The number of nitrogens with zero attached hydrogens (tertiary/aromatic N) is 1. The van der Waals surface area contributed by atoms with Crippen molar-refractivity contribution < 1.29 is 9.53 Å². The lowest BCUT2D eigenvalue weighted by Crippen LogP contribution is -2.35. The van der Waals surface area contributed by atoms with Gasteiger partial charge in [0.2, 0.25) is 0 Å². The Labute approximate surface area is 100 Å². The number of amides is 1. The summed E-state index contributed by atoms with van der Waals surface area (Å²) in [4.78, 5) is 13.5. The fourth-order valence-corrected chi connectivity index (χ4v) is 1.33. The molecule has 0 heterocycles. The monoisotopic (exact) mass is 229 g/mol. The number of rotatable bonds is 6. The molecule has 0 aromatic carbocycles. The molecule has 3 heteroatoms. The van der Waals surface area contributed by atoms with Gasteiger partial charge in [-0.05, 0) is 25.2 Å². The van der Waals surface area contributed by atoms with Crippen LogP contribution in [0.2, 0.25) is 0 Å². The molecule has 0 aromatic rings. The quantitative estimate of drug-likeness (QED) is 0.695. The summed E-state index contributed by atoms with van der Waals surface area (Å²) in [6.07, 6.45) is 2.99. The maximum Gasteiger partial charge on any atom is 0.409 e. The van der Waals surface area contributed by atoms with Gasteiger partial charge in [-0.1, -0.05) is 34.1 Å². The second kappa shape index (κ2) is 7.53. The largest absolute Gasteiger partial charge is 0.450 e. The van der Waals surface area contributed by atoms with Crippen molar-refractivity contribution in [2.24, 2.45) is 5.41 Å². The van der Waals surface area contributed by atoms with Crippen LogP contribution in [0, 0.1) is 5.41 Å². The standard InChI is InChI=1S/C13H27NO2/c1-6-8-10-14(12(15)16-7-2)11-9-13(3,4)5/h6-11H2,1-5H3. The molecular formula is C13H27NO2. The highest BCUT2D eigenvalue weighted by molar-refractivity contribution is 5.67. The zero-order valence-corrected chi connectivity index (χ0v) is 11.5. The zero-order chi connectivity index (χ0) is 12.6. The molecule has 0 saturated carbocycles. The maximum absolute atomic E-state index is 11.7. The Kier molecular flexibility index (Phi) is 7.18. The van der Waals surface area contributed by atoms with Gasteiger partial charge in [0.05, 0.1) is 6.61 Å². The van der Waals surface area contributed by atoms with Crippen LogP contribution in [0.25, 0.3) is 0 Å². The smallest absolute Gasteiger partial charge is 0.409 e. The number of hydrogen-bond acceptors (Lipinski definition) is 2. The molecule has 0 atom stereocenters. The predicted octanol–water partition coefficient (Wildman–Crippen LogP) is 3.68. The van der Waals surface area contributed by atoms with Crippen LogP contribution in [0.5, 0.6) is 0 Å². The van der Waals surface area contributed by atoms with Crippen LogP contribution in [0.15, 0.2) is 0 Å². The molecule has 0 radical (unpaired) electrons. The topological polar surface area (TPSA) is 29.5 Å². The molecule has 3 nitrogen and oxygen atoms in total. The molecule has 0 saturated heterocycles. The van der Waals surface area contributed by atoms with Gasteiger partial charge in [0, 0.05) is 13.1 Å². The first-order valence-corrected chi connectivity index (χ1v) is 6.32. The fourth-order valence-electron chi connectivity index (χ4n) is 1.33. The van der Waals surface area contributed by atoms with Crippen molar-refractivity contribution in [3.63, 3.8) is 0 Å². The Morgan fingerprint density at radius 3 is 2.25 bits per heavy atom. The number of ether oxygens (including phenoxy) is 1. The normalized spacial score (nSPS) is 11.3. The highest BCUT2D eigenvalue weighted by atomic mass is 16.6. The molecule has 1 amide bonds. The van der Waals surface area contributed by atoms with Crippen LogP contribution in [-0.2, 0) is 4.74 Å². The Bertz CT molecular complexity index is 197. The second-order valence-corrected chi connectivity index (χ2v) is 5.35. The Balaban J connectivity index is 4.14. The molecule has 0 N–H and O–H groups in total. The minimum Gasteiger partial charge on any atom is -0.450 e. The molecule has 0 bridgehead atoms. The van der Waals surface area contributed by atoms with Crippen LogP contribution in [0.4, 0.5) is 4.79 Å². The highest BCUT2D eigenvalue weighted by Gasteiger charge is 2.17. The molecule has 0 aliphatic heterocycles. The van der Waals surface area contributed by atoms with Gasteiger partial charge in [0.25, 0.3) is 0 Å². The molecule has 0 fully saturated rings. The van der Waals surface area contributed by atoms with Crippen molar-refractivity contribution >= 4 is 6.09 Å². The first-order valence-electron chi connectivity index (χ1n) is 6.32. The van der Waals surface area contributed by atoms with Crippen LogP contribution in [0.3, 0.4) is 0 Å². The lowest BCUT2D eigenvalue weighted by Gasteiger charge is -2.26. The van der Waals surface area contributed by atoms with E-state index in [9.17, 15) is 4.79 Å². The van der Waals surface area contributed by atoms with Gasteiger partial charge in [-0.15, -0.1) is 0 Å². The number of unbranched alkanes of at least 4 members (excludes halogenated alkanes) is 1. The van der Waals surface area contributed by atoms with Gasteiger partial charge >= 0.3 is 6.09 Å². The molecule has 16 heavy (non-hydrogen) atoms. The van der Waals surface area contributed by atoms with Crippen molar-refractivity contribution in [2.45, 2.75) is 53.9 Å². The third-order valence-corrected chi connectivity index (χ3v) is 2.44. The molecule has 0 aliphatic carbocycles. The van der Waals surface area contributed by atoms with E-state index >= 15 is 0 Å². The Morgan fingerprint density at radius 1 is 1.19 bits per heavy atom. The lowest BCUT2D eigenvalue weighted by atomic mass is 9.92. The highest BCUT2D eigenvalue weighted by Crippen LogP contribution is 2.19. The van der Waals surface area contributed by atoms with Crippen molar-refractivity contribution in [3.05, 3.63) is 0 Å². The van der Waals surface area contributed by atoms with E-state index in [2.05, 4.69) is 27.7 Å². The molecule has 0 aliphatic rings. The van der Waals surface area contributed by atoms with Crippen molar-refractivity contribution in [1.29, 1.82) is 0 Å². The maximum atomic E-state index is 11.7. The minimum atomic E-state index is -0.166. The molecular weight excluding hydrogens is 202 g/mol. The van der Waals surface area contributed by atoms with E-state index in [1.807, 2.05) is 11.8 Å². The van der Waals surface area contributed by atoms with Gasteiger partial charge in [0.1, 0.15) is 0 Å². The SMILES string of the molecule is CCCCN(CCC(C)(C)C)C(=O)OCC. The summed E-state index contributed by atoms with van der Waals surface area (Å²) in [7, 11) is 0. The molecule has 0 rings (SSSR count). The average Bonchev–Trinajstić information content (AvgIpc) is 2.16. The summed E-state index contributed by atoms with van der Waals surface area (Å²) in [5, 5.41) is 0. The summed E-state index contributed by atoms with van der Waals surface area (Å²) < 4.78 is 5.05. The summed E-state index contributed by atoms with van der Waals surface area (Å²) in [6.45, 7) is 12.6.